The van der Waals surface area contributed by atoms with E-state index in [1.54, 1.807) is 0 Å². The van der Waals surface area contributed by atoms with Gasteiger partial charge in [0, 0.05) is 25.2 Å². The fourth-order valence-electron chi connectivity index (χ4n) is 2.61. The third-order valence-electron chi connectivity index (χ3n) is 3.56. The predicted molar refractivity (Wildman–Crippen MR) is 76.4 cm³/mol. The van der Waals surface area contributed by atoms with Crippen LogP contribution >= 0.6 is 0 Å². The second-order valence-electron chi connectivity index (χ2n) is 5.22. The molecule has 0 bridgehead atoms. The van der Waals surface area contributed by atoms with Crippen molar-refractivity contribution in [1.82, 2.24) is 9.62 Å². The van der Waals surface area contributed by atoms with Crippen molar-refractivity contribution in [2.24, 2.45) is 0 Å². The zero-order valence-corrected chi connectivity index (χ0v) is 12.8. The van der Waals surface area contributed by atoms with Gasteiger partial charge < -0.3 is 5.32 Å². The first-order valence-corrected chi connectivity index (χ1v) is 8.58. The van der Waals surface area contributed by atoms with E-state index in [-0.39, 0.29) is 10.9 Å². The zero-order valence-electron chi connectivity index (χ0n) is 12.0. The molecule has 0 aliphatic carbocycles. The summed E-state index contributed by atoms with van der Waals surface area (Å²) < 4.78 is 53.4. The van der Waals surface area contributed by atoms with Crippen molar-refractivity contribution in [3.8, 4) is 0 Å². The summed E-state index contributed by atoms with van der Waals surface area (Å²) >= 11 is 0. The van der Waals surface area contributed by atoms with Crippen molar-refractivity contribution in [2.75, 3.05) is 19.6 Å². The maximum atomic E-state index is 13.3. The average Bonchev–Trinajstić information content (AvgIpc) is 2.44. The van der Waals surface area contributed by atoms with Crippen LogP contribution in [0.5, 0.6) is 0 Å². The van der Waals surface area contributed by atoms with Gasteiger partial charge in [0.25, 0.3) is 0 Å². The van der Waals surface area contributed by atoms with Crippen LogP contribution in [0.4, 0.5) is 8.78 Å². The highest BCUT2D eigenvalue weighted by molar-refractivity contribution is 7.89. The molecule has 21 heavy (non-hydrogen) atoms. The maximum absolute atomic E-state index is 13.3. The number of rotatable bonds is 5. The van der Waals surface area contributed by atoms with Crippen molar-refractivity contribution >= 4 is 10.0 Å². The smallest absolute Gasteiger partial charge is 0.243 e. The highest BCUT2D eigenvalue weighted by Gasteiger charge is 2.32. The van der Waals surface area contributed by atoms with Crippen LogP contribution in [0.1, 0.15) is 26.2 Å². The average molecular weight is 318 g/mol. The van der Waals surface area contributed by atoms with Crippen molar-refractivity contribution in [2.45, 2.75) is 37.1 Å². The Morgan fingerprint density at radius 3 is 2.48 bits per heavy atom. The van der Waals surface area contributed by atoms with Crippen LogP contribution in [0.25, 0.3) is 0 Å². The van der Waals surface area contributed by atoms with Gasteiger partial charge in [-0.3, -0.25) is 0 Å². The molecule has 1 aromatic carbocycles. The van der Waals surface area contributed by atoms with Gasteiger partial charge in [-0.25, -0.2) is 17.2 Å². The molecular formula is C14H20F2N2O2S. The van der Waals surface area contributed by atoms with Gasteiger partial charge in [0.05, 0.1) is 4.90 Å². The molecule has 1 atom stereocenters. The van der Waals surface area contributed by atoms with Crippen LogP contribution < -0.4 is 5.32 Å². The second kappa shape index (κ2) is 6.81. The van der Waals surface area contributed by atoms with E-state index in [4.69, 9.17) is 0 Å². The lowest BCUT2D eigenvalue weighted by Crippen LogP contribution is -2.48. The Morgan fingerprint density at radius 2 is 1.95 bits per heavy atom. The molecule has 0 saturated carbocycles. The normalized spacial score (nSPS) is 19.9. The summed E-state index contributed by atoms with van der Waals surface area (Å²) in [6.45, 7) is 3.65. The van der Waals surface area contributed by atoms with E-state index < -0.39 is 21.7 Å². The van der Waals surface area contributed by atoms with Gasteiger partial charge in [-0.1, -0.05) is 6.92 Å². The third-order valence-corrected chi connectivity index (χ3v) is 5.49. The van der Waals surface area contributed by atoms with Crippen LogP contribution in [0, 0.1) is 11.6 Å². The van der Waals surface area contributed by atoms with Gasteiger partial charge in [-0.2, -0.15) is 4.31 Å². The molecule has 1 unspecified atom stereocenters. The summed E-state index contributed by atoms with van der Waals surface area (Å²) in [5.74, 6) is -1.77. The Bertz CT molecular complexity index is 566. The van der Waals surface area contributed by atoms with E-state index in [2.05, 4.69) is 5.32 Å². The van der Waals surface area contributed by atoms with E-state index in [0.717, 1.165) is 31.5 Å². The molecule has 0 spiro atoms. The van der Waals surface area contributed by atoms with Crippen molar-refractivity contribution in [3.63, 3.8) is 0 Å². The molecule has 2 rings (SSSR count). The largest absolute Gasteiger partial charge is 0.315 e. The Labute approximate surface area is 124 Å². The Balaban J connectivity index is 2.36. The lowest BCUT2D eigenvalue weighted by Gasteiger charge is -2.33. The van der Waals surface area contributed by atoms with E-state index >= 15 is 0 Å². The van der Waals surface area contributed by atoms with Crippen molar-refractivity contribution in [1.29, 1.82) is 0 Å². The summed E-state index contributed by atoms with van der Waals surface area (Å²) in [5.41, 5.74) is 0. The van der Waals surface area contributed by atoms with E-state index in [1.165, 1.54) is 4.31 Å². The van der Waals surface area contributed by atoms with Gasteiger partial charge in [0.1, 0.15) is 11.6 Å². The maximum Gasteiger partial charge on any atom is 0.243 e. The number of benzene rings is 1. The molecule has 1 N–H and O–H groups in total. The molecule has 1 heterocycles. The van der Waals surface area contributed by atoms with Gasteiger partial charge in [-0.05, 0) is 37.9 Å². The summed E-state index contributed by atoms with van der Waals surface area (Å²) in [6, 6.07) is 2.25. The Morgan fingerprint density at radius 1 is 1.29 bits per heavy atom. The van der Waals surface area contributed by atoms with E-state index in [0.29, 0.717) is 25.6 Å². The molecule has 1 aromatic rings. The van der Waals surface area contributed by atoms with Gasteiger partial charge >= 0.3 is 0 Å². The molecule has 1 aliphatic rings. The van der Waals surface area contributed by atoms with Crippen LogP contribution in [-0.4, -0.2) is 38.4 Å². The standard InChI is InChI=1S/C14H20F2N2O2S/c1-2-6-18(13-4-3-5-17-10-13)21(19,20)14-8-11(15)7-12(16)9-14/h7-9,13,17H,2-6,10H2,1H3. The summed E-state index contributed by atoms with van der Waals surface area (Å²) in [6.07, 6.45) is 2.29. The lowest BCUT2D eigenvalue weighted by atomic mass is 10.1. The van der Waals surface area contributed by atoms with Crippen LogP contribution in [0.3, 0.4) is 0 Å². The minimum absolute atomic E-state index is 0.171. The topological polar surface area (TPSA) is 49.4 Å². The molecular weight excluding hydrogens is 298 g/mol. The first-order valence-electron chi connectivity index (χ1n) is 7.14. The number of halogens is 2. The first-order chi connectivity index (χ1) is 9.95. The van der Waals surface area contributed by atoms with E-state index in [1.807, 2.05) is 6.92 Å². The summed E-state index contributed by atoms with van der Waals surface area (Å²) in [5, 5.41) is 3.17. The second-order valence-corrected chi connectivity index (χ2v) is 7.11. The summed E-state index contributed by atoms with van der Waals surface area (Å²) in [7, 11) is -3.89. The number of sulfonamides is 1. The van der Waals surface area contributed by atoms with Crippen molar-refractivity contribution in [3.05, 3.63) is 29.8 Å². The quantitative estimate of drug-likeness (QED) is 0.905. The minimum atomic E-state index is -3.89. The lowest BCUT2D eigenvalue weighted by molar-refractivity contribution is 0.266. The third kappa shape index (κ3) is 3.78. The Hall–Kier alpha value is -1.05. The molecule has 0 amide bonds. The fraction of sp³-hybridized carbons (Fsp3) is 0.571. The highest BCUT2D eigenvalue weighted by atomic mass is 32.2. The molecule has 1 fully saturated rings. The molecule has 7 heteroatoms. The number of hydrogen-bond acceptors (Lipinski definition) is 3. The van der Waals surface area contributed by atoms with Gasteiger partial charge in [-0.15, -0.1) is 0 Å². The molecule has 4 nitrogen and oxygen atoms in total. The molecule has 1 saturated heterocycles. The Kier molecular flexibility index (Phi) is 5.29. The number of piperidine rings is 1. The number of nitrogens with zero attached hydrogens (tertiary/aromatic N) is 1. The van der Waals surface area contributed by atoms with Gasteiger partial charge in [0.15, 0.2) is 0 Å². The van der Waals surface area contributed by atoms with Gasteiger partial charge in [0.2, 0.25) is 10.0 Å². The van der Waals surface area contributed by atoms with Crippen LogP contribution in [-0.2, 0) is 10.0 Å². The fourth-order valence-corrected chi connectivity index (χ4v) is 4.40. The molecule has 0 aromatic heterocycles. The summed E-state index contributed by atoms with van der Waals surface area (Å²) in [4.78, 5) is -0.320. The molecule has 1 aliphatic heterocycles. The van der Waals surface area contributed by atoms with Crippen LogP contribution in [0.15, 0.2) is 23.1 Å². The van der Waals surface area contributed by atoms with E-state index in [9.17, 15) is 17.2 Å². The molecule has 118 valence electrons. The van der Waals surface area contributed by atoms with Crippen molar-refractivity contribution < 1.29 is 17.2 Å². The number of nitrogens with one attached hydrogen (secondary N) is 1. The van der Waals surface area contributed by atoms with Crippen LogP contribution in [0.2, 0.25) is 0 Å². The minimum Gasteiger partial charge on any atom is -0.315 e. The molecule has 0 radical (unpaired) electrons. The highest BCUT2D eigenvalue weighted by Crippen LogP contribution is 2.23. The SMILES string of the molecule is CCCN(C1CCCNC1)S(=O)(=O)c1cc(F)cc(F)c1. The zero-order chi connectivity index (χ0) is 15.5. The monoisotopic (exact) mass is 318 g/mol. The number of hydrogen-bond donors (Lipinski definition) is 1. The first kappa shape index (κ1) is 16.3. The predicted octanol–water partition coefficient (Wildman–Crippen LogP) is 2.12.